The van der Waals surface area contributed by atoms with Crippen LogP contribution in [0.1, 0.15) is 32.4 Å². The molecule has 0 aliphatic carbocycles. The highest BCUT2D eigenvalue weighted by molar-refractivity contribution is 5.43. The Hall–Kier alpha value is -2.30. The molecule has 0 aliphatic heterocycles. The van der Waals surface area contributed by atoms with Gasteiger partial charge in [-0.3, -0.25) is 0 Å². The average molecular weight is 300 g/mol. The molecule has 5 heteroatoms. The van der Waals surface area contributed by atoms with Crippen LogP contribution in [-0.4, -0.2) is 30.2 Å². The lowest BCUT2D eigenvalue weighted by Gasteiger charge is -2.18. The number of hydrogen-bond acceptors (Lipinski definition) is 5. The molecule has 0 amide bonds. The van der Waals surface area contributed by atoms with Crippen molar-refractivity contribution in [2.45, 2.75) is 26.8 Å². The van der Waals surface area contributed by atoms with Crippen LogP contribution in [0.25, 0.3) is 0 Å². The first-order chi connectivity index (χ1) is 10.6. The van der Waals surface area contributed by atoms with E-state index in [-0.39, 0.29) is 6.04 Å². The molecule has 0 bridgehead atoms. The summed E-state index contributed by atoms with van der Waals surface area (Å²) in [5.41, 5.74) is 1.17. The lowest BCUT2D eigenvalue weighted by atomic mass is 10.1. The molecular formula is C17H24N4O. The molecule has 0 saturated carbocycles. The van der Waals surface area contributed by atoms with Gasteiger partial charge in [-0.25, -0.2) is 4.98 Å². The molecule has 1 aromatic heterocycles. The van der Waals surface area contributed by atoms with Crippen LogP contribution in [0, 0.1) is 0 Å². The van der Waals surface area contributed by atoms with Crippen LogP contribution in [0.4, 0.5) is 11.8 Å². The van der Waals surface area contributed by atoms with E-state index in [1.54, 1.807) is 6.20 Å². The highest BCUT2D eigenvalue weighted by atomic mass is 16.5. The molecule has 1 unspecified atom stereocenters. The molecule has 0 spiro atoms. The maximum absolute atomic E-state index is 5.46. The van der Waals surface area contributed by atoms with Gasteiger partial charge in [-0.2, -0.15) is 4.98 Å². The normalized spacial score (nSPS) is 11.8. The van der Waals surface area contributed by atoms with Gasteiger partial charge < -0.3 is 15.0 Å². The molecule has 1 heterocycles. The largest absolute Gasteiger partial charge is 0.494 e. The number of aromatic nitrogens is 2. The second-order valence-electron chi connectivity index (χ2n) is 5.12. The van der Waals surface area contributed by atoms with Crippen molar-refractivity contribution in [2.24, 2.45) is 0 Å². The highest BCUT2D eigenvalue weighted by Crippen LogP contribution is 2.21. The van der Waals surface area contributed by atoms with Gasteiger partial charge in [0.1, 0.15) is 11.6 Å². The summed E-state index contributed by atoms with van der Waals surface area (Å²) in [7, 11) is 2.02. The molecule has 1 atom stereocenters. The van der Waals surface area contributed by atoms with Gasteiger partial charge in [0, 0.05) is 19.8 Å². The smallest absolute Gasteiger partial charge is 0.225 e. The van der Waals surface area contributed by atoms with Crippen LogP contribution in [0.15, 0.2) is 36.5 Å². The summed E-state index contributed by atoms with van der Waals surface area (Å²) in [6, 6.07) is 10.1. The fourth-order valence-corrected chi connectivity index (χ4v) is 2.09. The number of benzene rings is 1. The van der Waals surface area contributed by atoms with Gasteiger partial charge in [-0.05, 0) is 44.5 Å². The SMILES string of the molecule is CCOc1ccc(C(C)Nc2nccc(N(C)CC)n2)cc1. The van der Waals surface area contributed by atoms with Crippen LogP contribution >= 0.6 is 0 Å². The lowest BCUT2D eigenvalue weighted by Crippen LogP contribution is -2.18. The second-order valence-corrected chi connectivity index (χ2v) is 5.12. The Morgan fingerprint density at radius 3 is 2.55 bits per heavy atom. The van der Waals surface area contributed by atoms with E-state index in [1.807, 2.05) is 32.2 Å². The third-order valence-corrected chi connectivity index (χ3v) is 3.54. The van der Waals surface area contributed by atoms with Crippen molar-refractivity contribution in [3.8, 4) is 5.75 Å². The van der Waals surface area contributed by atoms with E-state index in [0.717, 1.165) is 18.1 Å². The van der Waals surface area contributed by atoms with Crippen LogP contribution in [0.3, 0.4) is 0 Å². The molecule has 2 rings (SSSR count). The van der Waals surface area contributed by atoms with Crippen molar-refractivity contribution < 1.29 is 4.74 Å². The Balaban J connectivity index is 2.06. The monoisotopic (exact) mass is 300 g/mol. The highest BCUT2D eigenvalue weighted by Gasteiger charge is 2.09. The quantitative estimate of drug-likeness (QED) is 0.848. The van der Waals surface area contributed by atoms with Crippen molar-refractivity contribution in [1.82, 2.24) is 9.97 Å². The molecule has 5 nitrogen and oxygen atoms in total. The van der Waals surface area contributed by atoms with E-state index in [2.05, 4.69) is 46.2 Å². The molecule has 118 valence electrons. The van der Waals surface area contributed by atoms with Crippen molar-refractivity contribution in [2.75, 3.05) is 30.4 Å². The summed E-state index contributed by atoms with van der Waals surface area (Å²) < 4.78 is 5.46. The molecule has 0 radical (unpaired) electrons. The predicted molar refractivity (Wildman–Crippen MR) is 90.6 cm³/mol. The van der Waals surface area contributed by atoms with Crippen LogP contribution in [-0.2, 0) is 0 Å². The topological polar surface area (TPSA) is 50.3 Å². The van der Waals surface area contributed by atoms with E-state index >= 15 is 0 Å². The third kappa shape index (κ3) is 4.10. The van der Waals surface area contributed by atoms with Crippen molar-refractivity contribution in [3.63, 3.8) is 0 Å². The molecule has 1 N–H and O–H groups in total. The number of nitrogens with one attached hydrogen (secondary N) is 1. The maximum Gasteiger partial charge on any atom is 0.225 e. The molecule has 22 heavy (non-hydrogen) atoms. The third-order valence-electron chi connectivity index (χ3n) is 3.54. The van der Waals surface area contributed by atoms with Gasteiger partial charge in [0.15, 0.2) is 0 Å². The summed E-state index contributed by atoms with van der Waals surface area (Å²) in [4.78, 5) is 10.9. The van der Waals surface area contributed by atoms with Gasteiger partial charge >= 0.3 is 0 Å². The van der Waals surface area contributed by atoms with Gasteiger partial charge in [0.2, 0.25) is 5.95 Å². The minimum atomic E-state index is 0.123. The number of rotatable bonds is 7. The summed E-state index contributed by atoms with van der Waals surface area (Å²) >= 11 is 0. The van der Waals surface area contributed by atoms with Crippen molar-refractivity contribution >= 4 is 11.8 Å². The zero-order valence-corrected chi connectivity index (χ0v) is 13.7. The number of nitrogens with zero attached hydrogens (tertiary/aromatic N) is 3. The zero-order chi connectivity index (χ0) is 15.9. The standard InChI is InChI=1S/C17H24N4O/c1-5-21(4)16-11-12-18-17(20-16)19-13(3)14-7-9-15(10-8-14)22-6-2/h7-13H,5-6H2,1-4H3,(H,18,19,20). The fourth-order valence-electron chi connectivity index (χ4n) is 2.09. The Bertz CT molecular complexity index is 585. The zero-order valence-electron chi connectivity index (χ0n) is 13.7. The van der Waals surface area contributed by atoms with Gasteiger partial charge in [-0.15, -0.1) is 0 Å². The number of ether oxygens (including phenoxy) is 1. The number of anilines is 2. The molecule has 0 fully saturated rings. The first-order valence-corrected chi connectivity index (χ1v) is 7.67. The van der Waals surface area contributed by atoms with E-state index in [0.29, 0.717) is 12.6 Å². The Morgan fingerprint density at radius 2 is 1.91 bits per heavy atom. The lowest BCUT2D eigenvalue weighted by molar-refractivity contribution is 0.340. The Labute approximate surface area is 132 Å². The van der Waals surface area contributed by atoms with Crippen LogP contribution < -0.4 is 15.0 Å². The van der Waals surface area contributed by atoms with E-state index < -0.39 is 0 Å². The second kappa shape index (κ2) is 7.64. The summed E-state index contributed by atoms with van der Waals surface area (Å²) in [5, 5.41) is 3.34. The molecule has 0 aliphatic rings. The fraction of sp³-hybridized carbons (Fsp3) is 0.412. The Morgan fingerprint density at radius 1 is 1.18 bits per heavy atom. The van der Waals surface area contributed by atoms with Gasteiger partial charge in [0.05, 0.1) is 12.6 Å². The summed E-state index contributed by atoms with van der Waals surface area (Å²) in [5.74, 6) is 2.44. The molecule has 0 saturated heterocycles. The first kappa shape index (κ1) is 16.1. The molecule has 2 aromatic rings. The first-order valence-electron chi connectivity index (χ1n) is 7.67. The van der Waals surface area contributed by atoms with E-state index in [1.165, 1.54) is 5.56 Å². The van der Waals surface area contributed by atoms with Crippen molar-refractivity contribution in [3.05, 3.63) is 42.1 Å². The van der Waals surface area contributed by atoms with Gasteiger partial charge in [-0.1, -0.05) is 12.1 Å². The Kier molecular flexibility index (Phi) is 5.58. The summed E-state index contributed by atoms with van der Waals surface area (Å²) in [6.45, 7) is 7.76. The number of hydrogen-bond donors (Lipinski definition) is 1. The summed E-state index contributed by atoms with van der Waals surface area (Å²) in [6.07, 6.45) is 1.78. The van der Waals surface area contributed by atoms with Crippen LogP contribution in [0.2, 0.25) is 0 Å². The predicted octanol–water partition coefficient (Wildman–Crippen LogP) is 3.50. The van der Waals surface area contributed by atoms with E-state index in [9.17, 15) is 0 Å². The minimum Gasteiger partial charge on any atom is -0.494 e. The maximum atomic E-state index is 5.46. The van der Waals surface area contributed by atoms with Gasteiger partial charge in [0.25, 0.3) is 0 Å². The molecule has 1 aromatic carbocycles. The molecular weight excluding hydrogens is 276 g/mol. The van der Waals surface area contributed by atoms with Crippen molar-refractivity contribution in [1.29, 1.82) is 0 Å². The average Bonchev–Trinajstić information content (AvgIpc) is 2.55. The van der Waals surface area contributed by atoms with Crippen LogP contribution in [0.5, 0.6) is 5.75 Å². The minimum absolute atomic E-state index is 0.123. The van der Waals surface area contributed by atoms with E-state index in [4.69, 9.17) is 4.74 Å².